The second-order valence-electron chi connectivity index (χ2n) is 5.07. The lowest BCUT2D eigenvalue weighted by atomic mass is 10.2. The number of carbonyl (C=O) groups excluding carboxylic acids is 3. The van der Waals surface area contributed by atoms with E-state index < -0.39 is 11.9 Å². The lowest BCUT2D eigenvalue weighted by molar-refractivity contribution is -0.152. The van der Waals surface area contributed by atoms with E-state index in [1.165, 1.54) is 7.11 Å². The third-order valence-electron chi connectivity index (χ3n) is 3.45. The minimum Gasteiger partial charge on any atom is -0.497 e. The van der Waals surface area contributed by atoms with Gasteiger partial charge in [0, 0.05) is 18.7 Å². The number of benzene rings is 1. The van der Waals surface area contributed by atoms with Crippen LogP contribution >= 0.6 is 0 Å². The highest BCUT2D eigenvalue weighted by atomic mass is 16.5. The summed E-state index contributed by atoms with van der Waals surface area (Å²) < 4.78 is 15.0. The molecule has 0 unspecified atom stereocenters. The van der Waals surface area contributed by atoms with Crippen LogP contribution in [0.3, 0.4) is 0 Å². The Kier molecular flexibility index (Phi) is 6.56. The summed E-state index contributed by atoms with van der Waals surface area (Å²) in [5.74, 6) is -0.828. The van der Waals surface area contributed by atoms with Gasteiger partial charge in [-0.1, -0.05) is 6.07 Å². The number of ether oxygens (including phenoxy) is 3. The van der Waals surface area contributed by atoms with Crippen LogP contribution in [0.1, 0.15) is 10.4 Å². The summed E-state index contributed by atoms with van der Waals surface area (Å²) >= 11 is 0. The van der Waals surface area contributed by atoms with E-state index >= 15 is 0 Å². The van der Waals surface area contributed by atoms with Crippen LogP contribution in [0, 0.1) is 0 Å². The van der Waals surface area contributed by atoms with Gasteiger partial charge >= 0.3 is 5.97 Å². The maximum Gasteiger partial charge on any atom is 0.325 e. The Morgan fingerprint density at radius 3 is 2.71 bits per heavy atom. The predicted molar refractivity (Wildman–Crippen MR) is 83.7 cm³/mol. The lowest BCUT2D eigenvalue weighted by Gasteiger charge is -2.26. The fourth-order valence-electron chi connectivity index (χ4n) is 2.12. The standard InChI is InChI=1S/C16H20N2O6/c1-22-13-4-2-3-12(9-13)16(21)17-10-15(20)24-11-14(19)18-5-7-23-8-6-18/h2-4,9H,5-8,10-11H2,1H3,(H,17,21). The molecule has 1 saturated heterocycles. The molecule has 130 valence electrons. The number of rotatable bonds is 6. The van der Waals surface area contributed by atoms with Crippen molar-refractivity contribution in [1.29, 1.82) is 0 Å². The molecule has 0 spiro atoms. The summed E-state index contributed by atoms with van der Waals surface area (Å²) in [5.41, 5.74) is 0.367. The van der Waals surface area contributed by atoms with Gasteiger partial charge in [-0.2, -0.15) is 0 Å². The minimum absolute atomic E-state index is 0.272. The van der Waals surface area contributed by atoms with Gasteiger partial charge in [-0.05, 0) is 18.2 Å². The van der Waals surface area contributed by atoms with Gasteiger partial charge in [0.25, 0.3) is 11.8 Å². The van der Waals surface area contributed by atoms with Crippen LogP contribution in [0.15, 0.2) is 24.3 Å². The van der Waals surface area contributed by atoms with Crippen molar-refractivity contribution in [2.24, 2.45) is 0 Å². The van der Waals surface area contributed by atoms with Gasteiger partial charge < -0.3 is 24.4 Å². The number of morpholine rings is 1. The van der Waals surface area contributed by atoms with Gasteiger partial charge in [0.1, 0.15) is 12.3 Å². The van der Waals surface area contributed by atoms with Crippen LogP contribution in [0.2, 0.25) is 0 Å². The highest BCUT2D eigenvalue weighted by Gasteiger charge is 2.18. The van der Waals surface area contributed by atoms with Gasteiger partial charge in [-0.25, -0.2) is 0 Å². The van der Waals surface area contributed by atoms with Gasteiger partial charge in [-0.3, -0.25) is 14.4 Å². The van der Waals surface area contributed by atoms with E-state index in [9.17, 15) is 14.4 Å². The number of esters is 1. The molecule has 1 aliphatic heterocycles. The quantitative estimate of drug-likeness (QED) is 0.725. The minimum atomic E-state index is -0.673. The first-order valence-electron chi connectivity index (χ1n) is 7.53. The summed E-state index contributed by atoms with van der Waals surface area (Å²) in [6.07, 6.45) is 0. The Balaban J connectivity index is 1.72. The predicted octanol–water partition coefficient (Wildman–Crippen LogP) is -0.173. The summed E-state index contributed by atoms with van der Waals surface area (Å²) in [4.78, 5) is 37.0. The zero-order valence-corrected chi connectivity index (χ0v) is 13.4. The molecule has 1 aromatic carbocycles. The molecular weight excluding hydrogens is 316 g/mol. The third kappa shape index (κ3) is 5.24. The van der Waals surface area contributed by atoms with Crippen LogP contribution in [0.5, 0.6) is 5.75 Å². The van der Waals surface area contributed by atoms with Gasteiger partial charge in [0.05, 0.1) is 20.3 Å². The maximum absolute atomic E-state index is 11.9. The Morgan fingerprint density at radius 1 is 1.25 bits per heavy atom. The van der Waals surface area contributed by atoms with E-state index in [0.29, 0.717) is 37.6 Å². The van der Waals surface area contributed by atoms with Crippen molar-refractivity contribution in [3.8, 4) is 5.75 Å². The summed E-state index contributed by atoms with van der Waals surface area (Å²) in [7, 11) is 1.50. The highest BCUT2D eigenvalue weighted by Crippen LogP contribution is 2.12. The second kappa shape index (κ2) is 8.88. The van der Waals surface area contributed by atoms with Crippen LogP contribution in [-0.4, -0.2) is 69.2 Å². The number of hydrogen-bond donors (Lipinski definition) is 1. The monoisotopic (exact) mass is 336 g/mol. The van der Waals surface area contributed by atoms with Gasteiger partial charge in [0.15, 0.2) is 6.61 Å². The van der Waals surface area contributed by atoms with Gasteiger partial charge in [0.2, 0.25) is 0 Å². The average molecular weight is 336 g/mol. The molecule has 0 bridgehead atoms. The number of carbonyl (C=O) groups is 3. The molecule has 8 heteroatoms. The number of nitrogens with one attached hydrogen (secondary N) is 1. The molecule has 0 aromatic heterocycles. The zero-order valence-electron chi connectivity index (χ0n) is 13.4. The van der Waals surface area contributed by atoms with E-state index in [1.54, 1.807) is 29.2 Å². The Labute approximate surface area is 139 Å². The molecule has 8 nitrogen and oxygen atoms in total. The molecule has 0 saturated carbocycles. The third-order valence-corrected chi connectivity index (χ3v) is 3.45. The first-order valence-corrected chi connectivity index (χ1v) is 7.53. The van der Waals surface area contributed by atoms with Crippen molar-refractivity contribution in [3.05, 3.63) is 29.8 Å². The van der Waals surface area contributed by atoms with Crippen molar-refractivity contribution >= 4 is 17.8 Å². The second-order valence-corrected chi connectivity index (χ2v) is 5.07. The van der Waals surface area contributed by atoms with Crippen LogP contribution in [0.4, 0.5) is 0 Å². The first-order chi connectivity index (χ1) is 11.6. The molecule has 1 heterocycles. The molecule has 1 fully saturated rings. The number of methoxy groups -OCH3 is 1. The number of hydrogen-bond acceptors (Lipinski definition) is 6. The Hall–Kier alpha value is -2.61. The molecule has 0 aliphatic carbocycles. The summed E-state index contributed by atoms with van der Waals surface area (Å²) in [5, 5.41) is 2.44. The van der Waals surface area contributed by atoms with Crippen LogP contribution < -0.4 is 10.1 Å². The molecule has 0 radical (unpaired) electrons. The molecule has 1 aliphatic rings. The average Bonchev–Trinajstić information content (AvgIpc) is 2.64. The molecule has 1 aromatic rings. The van der Waals surface area contributed by atoms with Crippen molar-refractivity contribution in [3.63, 3.8) is 0 Å². The first kappa shape index (κ1) is 17.7. The number of amides is 2. The van der Waals surface area contributed by atoms with E-state index in [1.807, 2.05) is 0 Å². The maximum atomic E-state index is 11.9. The fraction of sp³-hybridized carbons (Fsp3) is 0.438. The normalized spacial score (nSPS) is 14.0. The zero-order chi connectivity index (χ0) is 17.4. The van der Waals surface area contributed by atoms with Crippen LogP contribution in [-0.2, 0) is 19.1 Å². The number of nitrogens with zero attached hydrogens (tertiary/aromatic N) is 1. The van der Waals surface area contributed by atoms with Crippen molar-refractivity contribution < 1.29 is 28.6 Å². The molecule has 2 amide bonds. The lowest BCUT2D eigenvalue weighted by Crippen LogP contribution is -2.43. The van der Waals surface area contributed by atoms with E-state index in [0.717, 1.165) is 0 Å². The highest BCUT2D eigenvalue weighted by molar-refractivity contribution is 5.96. The largest absolute Gasteiger partial charge is 0.497 e. The van der Waals surface area contributed by atoms with E-state index in [2.05, 4.69) is 5.32 Å². The van der Waals surface area contributed by atoms with Crippen molar-refractivity contribution in [2.45, 2.75) is 0 Å². The van der Waals surface area contributed by atoms with Crippen molar-refractivity contribution in [1.82, 2.24) is 10.2 Å². The topological polar surface area (TPSA) is 94.2 Å². The molecule has 24 heavy (non-hydrogen) atoms. The van der Waals surface area contributed by atoms with E-state index in [4.69, 9.17) is 14.2 Å². The molecule has 0 atom stereocenters. The Morgan fingerprint density at radius 2 is 2.00 bits per heavy atom. The smallest absolute Gasteiger partial charge is 0.325 e. The van der Waals surface area contributed by atoms with E-state index in [-0.39, 0.29) is 19.1 Å². The van der Waals surface area contributed by atoms with Gasteiger partial charge in [-0.15, -0.1) is 0 Å². The van der Waals surface area contributed by atoms with Crippen molar-refractivity contribution in [2.75, 3.05) is 46.6 Å². The SMILES string of the molecule is COc1cccc(C(=O)NCC(=O)OCC(=O)N2CCOCC2)c1. The summed E-state index contributed by atoms with van der Waals surface area (Å²) in [6, 6.07) is 6.54. The summed E-state index contributed by atoms with van der Waals surface area (Å²) in [6.45, 7) is 1.29. The fourth-order valence-corrected chi connectivity index (χ4v) is 2.12. The molecule has 1 N–H and O–H groups in total. The molecule has 2 rings (SSSR count). The molecular formula is C16H20N2O6. The van der Waals surface area contributed by atoms with Crippen LogP contribution in [0.25, 0.3) is 0 Å². The Bertz CT molecular complexity index is 598.